The van der Waals surface area contributed by atoms with Crippen molar-refractivity contribution in [1.82, 2.24) is 9.97 Å². The van der Waals surface area contributed by atoms with Crippen molar-refractivity contribution in [3.8, 4) is 67.3 Å². The molecule has 57 heavy (non-hydrogen) atoms. The quantitative estimate of drug-likeness (QED) is 0.130. The van der Waals surface area contributed by atoms with Gasteiger partial charge >= 0.3 is 0 Å². The summed E-state index contributed by atoms with van der Waals surface area (Å²) < 4.78 is 0. The first kappa shape index (κ1) is 33.2. The summed E-state index contributed by atoms with van der Waals surface area (Å²) in [5, 5.41) is 7.49. The molecule has 0 aliphatic heterocycles. The van der Waals surface area contributed by atoms with Crippen LogP contribution in [0.15, 0.2) is 194 Å². The summed E-state index contributed by atoms with van der Waals surface area (Å²) in [6.45, 7) is 4.67. The molecule has 268 valence electrons. The summed E-state index contributed by atoms with van der Waals surface area (Å²) in [5.41, 5.74) is 15.1. The predicted octanol–water partition coefficient (Wildman–Crippen LogP) is 14.6. The Labute approximate surface area is 332 Å². The average Bonchev–Trinajstić information content (AvgIpc) is 3.51. The van der Waals surface area contributed by atoms with E-state index < -0.39 is 0 Å². The van der Waals surface area contributed by atoms with E-state index in [-0.39, 0.29) is 5.41 Å². The van der Waals surface area contributed by atoms with Gasteiger partial charge in [0.25, 0.3) is 0 Å². The van der Waals surface area contributed by atoms with Gasteiger partial charge in [0.1, 0.15) is 0 Å². The lowest BCUT2D eigenvalue weighted by atomic mass is 9.82. The van der Waals surface area contributed by atoms with Gasteiger partial charge in [-0.25, -0.2) is 9.97 Å². The number of fused-ring (bicyclic) bond motifs is 7. The highest BCUT2D eigenvalue weighted by atomic mass is 14.9. The lowest BCUT2D eigenvalue weighted by Crippen LogP contribution is -2.14. The molecule has 0 saturated carbocycles. The van der Waals surface area contributed by atoms with Gasteiger partial charge < -0.3 is 0 Å². The number of hydrogen-bond donors (Lipinski definition) is 0. The first-order valence-electron chi connectivity index (χ1n) is 19.7. The lowest BCUT2D eigenvalue weighted by Gasteiger charge is -2.21. The molecular weight excluding hydrogens is 689 g/mol. The molecule has 1 aliphatic rings. The Balaban J connectivity index is 1.05. The molecule has 1 aliphatic carbocycles. The minimum Gasteiger partial charge on any atom is -0.228 e. The molecule has 0 amide bonds. The zero-order valence-corrected chi connectivity index (χ0v) is 31.9. The predicted molar refractivity (Wildman–Crippen MR) is 239 cm³/mol. The Bertz CT molecular complexity index is 3190. The molecule has 2 nitrogen and oxygen atoms in total. The van der Waals surface area contributed by atoms with Gasteiger partial charge in [0.15, 0.2) is 5.82 Å². The maximum Gasteiger partial charge on any atom is 0.160 e. The molecule has 2 heteroatoms. The highest BCUT2D eigenvalue weighted by Gasteiger charge is 2.36. The van der Waals surface area contributed by atoms with Crippen molar-refractivity contribution in [2.45, 2.75) is 19.3 Å². The zero-order valence-electron chi connectivity index (χ0n) is 31.9. The van der Waals surface area contributed by atoms with Crippen molar-refractivity contribution in [3.05, 3.63) is 205 Å². The summed E-state index contributed by atoms with van der Waals surface area (Å²) in [7, 11) is 0. The highest BCUT2D eigenvalue weighted by molar-refractivity contribution is 6.20. The molecule has 10 aromatic rings. The fourth-order valence-electron chi connectivity index (χ4n) is 9.24. The largest absolute Gasteiger partial charge is 0.228 e. The SMILES string of the molecule is CC1(C)c2ccccc2-c2c(-c3ccc(-c4cc(-c5cccc(-c6c7ccccc7cc7c6ccc6ccccc67)c5)nc(-c5ccccc5)n4)cc3)cccc21. The molecule has 1 heterocycles. The van der Waals surface area contributed by atoms with Crippen LogP contribution in [-0.4, -0.2) is 9.97 Å². The molecule has 0 atom stereocenters. The number of hydrogen-bond acceptors (Lipinski definition) is 2. The van der Waals surface area contributed by atoms with Gasteiger partial charge in [0, 0.05) is 22.1 Å². The molecule has 0 spiro atoms. The number of rotatable bonds is 5. The zero-order chi connectivity index (χ0) is 38.1. The van der Waals surface area contributed by atoms with Crippen LogP contribution < -0.4 is 0 Å². The third kappa shape index (κ3) is 5.40. The van der Waals surface area contributed by atoms with Crippen LogP contribution in [0.3, 0.4) is 0 Å². The van der Waals surface area contributed by atoms with Crippen LogP contribution in [0.4, 0.5) is 0 Å². The molecule has 9 aromatic carbocycles. The molecule has 11 rings (SSSR count). The van der Waals surface area contributed by atoms with E-state index >= 15 is 0 Å². The monoisotopic (exact) mass is 726 g/mol. The standard InChI is InChI=1S/C55H38N2/c1-55(2)48-24-11-10-22-46(48)53-43(23-13-25-49(53)55)36-26-28-37(29-27-36)50-34-51(57-54(56-50)38-15-4-3-5-16-38)40-18-12-19-41(32-40)52-44-21-9-7-17-39(44)33-47-42-20-8-6-14-35(42)30-31-45(47)52/h3-34H,1-2H3. The summed E-state index contributed by atoms with van der Waals surface area (Å²) >= 11 is 0. The van der Waals surface area contributed by atoms with Gasteiger partial charge in [0.2, 0.25) is 0 Å². The maximum absolute atomic E-state index is 5.23. The normalized spacial score (nSPS) is 12.9. The topological polar surface area (TPSA) is 25.8 Å². The highest BCUT2D eigenvalue weighted by Crippen LogP contribution is 2.52. The van der Waals surface area contributed by atoms with E-state index in [4.69, 9.17) is 9.97 Å². The summed E-state index contributed by atoms with van der Waals surface area (Å²) in [6, 6.07) is 70.2. The van der Waals surface area contributed by atoms with Gasteiger partial charge in [0.05, 0.1) is 11.4 Å². The second kappa shape index (κ2) is 13.0. The fraction of sp³-hybridized carbons (Fsp3) is 0.0545. The van der Waals surface area contributed by atoms with Crippen molar-refractivity contribution >= 4 is 32.3 Å². The minimum atomic E-state index is -0.0422. The van der Waals surface area contributed by atoms with Crippen LogP contribution in [0, 0.1) is 0 Å². The van der Waals surface area contributed by atoms with Gasteiger partial charge in [-0.1, -0.05) is 190 Å². The van der Waals surface area contributed by atoms with Crippen LogP contribution in [-0.2, 0) is 5.41 Å². The molecule has 0 N–H and O–H groups in total. The van der Waals surface area contributed by atoms with Gasteiger partial charge in [-0.2, -0.15) is 0 Å². The van der Waals surface area contributed by atoms with E-state index in [0.717, 1.165) is 33.6 Å². The molecule has 0 fully saturated rings. The summed E-state index contributed by atoms with van der Waals surface area (Å²) in [5.74, 6) is 0.708. The van der Waals surface area contributed by atoms with E-state index in [1.54, 1.807) is 0 Å². The van der Waals surface area contributed by atoms with Gasteiger partial charge in [-0.15, -0.1) is 0 Å². The Morgan fingerprint density at radius 1 is 0.333 bits per heavy atom. The van der Waals surface area contributed by atoms with E-state index in [2.05, 4.69) is 190 Å². The number of aromatic nitrogens is 2. The third-order valence-electron chi connectivity index (χ3n) is 12.1. The van der Waals surface area contributed by atoms with Crippen molar-refractivity contribution < 1.29 is 0 Å². The van der Waals surface area contributed by atoms with Crippen molar-refractivity contribution in [1.29, 1.82) is 0 Å². The second-order valence-corrected chi connectivity index (χ2v) is 15.7. The van der Waals surface area contributed by atoms with Crippen LogP contribution in [0.25, 0.3) is 99.6 Å². The molecule has 0 radical (unpaired) electrons. The maximum atomic E-state index is 5.23. The average molecular weight is 727 g/mol. The van der Waals surface area contributed by atoms with Crippen molar-refractivity contribution in [3.63, 3.8) is 0 Å². The molecule has 0 unspecified atom stereocenters. The van der Waals surface area contributed by atoms with E-state index in [9.17, 15) is 0 Å². The molecular formula is C55H38N2. The van der Waals surface area contributed by atoms with Crippen LogP contribution in [0.5, 0.6) is 0 Å². The molecule has 1 aromatic heterocycles. The van der Waals surface area contributed by atoms with Crippen molar-refractivity contribution in [2.24, 2.45) is 0 Å². The van der Waals surface area contributed by atoms with Crippen LogP contribution >= 0.6 is 0 Å². The fourth-order valence-corrected chi connectivity index (χ4v) is 9.24. The lowest BCUT2D eigenvalue weighted by molar-refractivity contribution is 0.660. The first-order valence-corrected chi connectivity index (χ1v) is 19.7. The Morgan fingerprint density at radius 2 is 0.947 bits per heavy atom. The minimum absolute atomic E-state index is 0.0422. The Kier molecular flexibility index (Phi) is 7.55. The first-order chi connectivity index (χ1) is 28.0. The van der Waals surface area contributed by atoms with E-state index in [1.165, 1.54) is 71.3 Å². The van der Waals surface area contributed by atoms with Gasteiger partial charge in [-0.3, -0.25) is 0 Å². The third-order valence-corrected chi connectivity index (χ3v) is 12.1. The smallest absolute Gasteiger partial charge is 0.160 e. The summed E-state index contributed by atoms with van der Waals surface area (Å²) in [6.07, 6.45) is 0. The number of benzene rings is 9. The Hall–Kier alpha value is -7.16. The van der Waals surface area contributed by atoms with Gasteiger partial charge in [-0.05, 0) is 95.0 Å². The van der Waals surface area contributed by atoms with E-state index in [1.807, 2.05) is 18.2 Å². The summed E-state index contributed by atoms with van der Waals surface area (Å²) in [4.78, 5) is 10.4. The van der Waals surface area contributed by atoms with Crippen LogP contribution in [0.2, 0.25) is 0 Å². The van der Waals surface area contributed by atoms with Crippen molar-refractivity contribution in [2.75, 3.05) is 0 Å². The molecule has 0 bridgehead atoms. The Morgan fingerprint density at radius 3 is 1.79 bits per heavy atom. The van der Waals surface area contributed by atoms with Crippen LogP contribution in [0.1, 0.15) is 25.0 Å². The second-order valence-electron chi connectivity index (χ2n) is 15.7. The van der Waals surface area contributed by atoms with E-state index in [0.29, 0.717) is 5.82 Å². The molecule has 0 saturated heterocycles. The number of nitrogens with zero attached hydrogens (tertiary/aromatic N) is 2.